The molecule has 0 amide bonds. The molecule has 0 spiro atoms. The summed E-state index contributed by atoms with van der Waals surface area (Å²) in [5, 5.41) is 0. The normalized spacial score (nSPS) is 19.8. The van der Waals surface area contributed by atoms with Gasteiger partial charge in [0.25, 0.3) is 0 Å². The fourth-order valence-electron chi connectivity index (χ4n) is 2.97. The van der Waals surface area contributed by atoms with Crippen molar-refractivity contribution in [3.8, 4) is 0 Å². The fraction of sp³-hybridized carbons (Fsp3) is 0.636. The Labute approximate surface area is 73.4 Å². The lowest BCUT2D eigenvalue weighted by atomic mass is 10.1. The Bertz CT molecular complexity index is 302. The van der Waals surface area contributed by atoms with Gasteiger partial charge < -0.3 is 4.57 Å². The van der Waals surface area contributed by atoms with Gasteiger partial charge in [0.1, 0.15) is 0 Å². The molecule has 12 heavy (non-hydrogen) atoms. The van der Waals surface area contributed by atoms with Gasteiger partial charge in [-0.05, 0) is 50.2 Å². The monoisotopic (exact) mass is 161 g/mol. The van der Waals surface area contributed by atoms with Gasteiger partial charge in [-0.25, -0.2) is 0 Å². The predicted molar refractivity (Wildman–Crippen MR) is 49.5 cm³/mol. The quantitative estimate of drug-likeness (QED) is 0.550. The molecule has 1 aliphatic heterocycles. The minimum absolute atomic E-state index is 1.30. The van der Waals surface area contributed by atoms with Crippen molar-refractivity contribution in [3.63, 3.8) is 0 Å². The molecule has 0 aromatic carbocycles. The predicted octanol–water partition coefficient (Wildman–Crippen LogP) is 2.23. The molecule has 1 aromatic heterocycles. The Morgan fingerprint density at radius 3 is 2.75 bits per heavy atom. The van der Waals surface area contributed by atoms with E-state index < -0.39 is 0 Å². The molecular formula is C11H15N. The van der Waals surface area contributed by atoms with Crippen molar-refractivity contribution in [2.45, 2.75) is 45.6 Å². The van der Waals surface area contributed by atoms with Gasteiger partial charge in [-0.2, -0.15) is 0 Å². The SMILES string of the molecule is Cc1c2c(n3c1CCC3)CCC2. The Balaban J connectivity index is 2.28. The molecule has 1 nitrogen and oxygen atoms in total. The molecular weight excluding hydrogens is 146 g/mol. The summed E-state index contributed by atoms with van der Waals surface area (Å²) in [7, 11) is 0. The maximum Gasteiger partial charge on any atom is 0.0228 e. The van der Waals surface area contributed by atoms with E-state index in [-0.39, 0.29) is 0 Å². The van der Waals surface area contributed by atoms with Gasteiger partial charge in [-0.3, -0.25) is 0 Å². The molecule has 0 radical (unpaired) electrons. The second-order valence-electron chi connectivity index (χ2n) is 4.11. The lowest BCUT2D eigenvalue weighted by Crippen LogP contribution is -1.97. The average Bonchev–Trinajstić information content (AvgIpc) is 2.72. The smallest absolute Gasteiger partial charge is 0.0228 e. The zero-order chi connectivity index (χ0) is 8.13. The van der Waals surface area contributed by atoms with Crippen LogP contribution in [0.1, 0.15) is 35.4 Å². The number of rotatable bonds is 0. The highest BCUT2D eigenvalue weighted by Crippen LogP contribution is 2.33. The molecule has 0 atom stereocenters. The molecule has 1 aromatic rings. The van der Waals surface area contributed by atoms with Crippen LogP contribution < -0.4 is 0 Å². The third-order valence-electron chi connectivity index (χ3n) is 3.52. The van der Waals surface area contributed by atoms with Crippen molar-refractivity contribution in [1.29, 1.82) is 0 Å². The molecule has 2 aliphatic rings. The molecule has 3 rings (SSSR count). The van der Waals surface area contributed by atoms with Gasteiger partial charge in [0.15, 0.2) is 0 Å². The second kappa shape index (κ2) is 2.15. The van der Waals surface area contributed by atoms with Crippen molar-refractivity contribution < 1.29 is 0 Å². The van der Waals surface area contributed by atoms with Gasteiger partial charge in [-0.1, -0.05) is 0 Å². The summed E-state index contributed by atoms with van der Waals surface area (Å²) in [6.45, 7) is 3.62. The van der Waals surface area contributed by atoms with Crippen molar-refractivity contribution >= 4 is 0 Å². The zero-order valence-corrected chi connectivity index (χ0v) is 7.69. The van der Waals surface area contributed by atoms with Crippen molar-refractivity contribution in [3.05, 3.63) is 22.5 Å². The fourth-order valence-corrected chi connectivity index (χ4v) is 2.97. The molecule has 0 N–H and O–H groups in total. The molecule has 0 unspecified atom stereocenters. The van der Waals surface area contributed by atoms with Gasteiger partial charge >= 0.3 is 0 Å². The van der Waals surface area contributed by atoms with E-state index in [1.165, 1.54) is 38.6 Å². The van der Waals surface area contributed by atoms with Gasteiger partial charge in [0.2, 0.25) is 0 Å². The van der Waals surface area contributed by atoms with E-state index in [0.717, 1.165) is 0 Å². The van der Waals surface area contributed by atoms with Gasteiger partial charge in [-0.15, -0.1) is 0 Å². The van der Waals surface area contributed by atoms with Crippen LogP contribution in [0.5, 0.6) is 0 Å². The first-order chi connectivity index (χ1) is 5.88. The number of nitrogens with zero attached hydrogens (tertiary/aromatic N) is 1. The Hall–Kier alpha value is -0.720. The van der Waals surface area contributed by atoms with Crippen LogP contribution in [0.25, 0.3) is 0 Å². The molecule has 1 heteroatoms. The topological polar surface area (TPSA) is 4.93 Å². The summed E-state index contributed by atoms with van der Waals surface area (Å²) in [5.41, 5.74) is 6.66. The van der Waals surface area contributed by atoms with Crippen LogP contribution in [0.15, 0.2) is 0 Å². The van der Waals surface area contributed by atoms with E-state index >= 15 is 0 Å². The molecule has 2 heterocycles. The van der Waals surface area contributed by atoms with E-state index in [2.05, 4.69) is 11.5 Å². The largest absolute Gasteiger partial charge is 0.348 e. The van der Waals surface area contributed by atoms with Crippen LogP contribution >= 0.6 is 0 Å². The van der Waals surface area contributed by atoms with Crippen LogP contribution in [-0.4, -0.2) is 4.57 Å². The summed E-state index contributed by atoms with van der Waals surface area (Å²) >= 11 is 0. The lowest BCUT2D eigenvalue weighted by Gasteiger charge is -2.01. The van der Waals surface area contributed by atoms with E-state index in [1.54, 1.807) is 22.5 Å². The minimum Gasteiger partial charge on any atom is -0.348 e. The maximum absolute atomic E-state index is 2.59. The highest BCUT2D eigenvalue weighted by molar-refractivity contribution is 5.41. The number of fused-ring (bicyclic) bond motifs is 3. The van der Waals surface area contributed by atoms with Crippen molar-refractivity contribution in [1.82, 2.24) is 4.57 Å². The van der Waals surface area contributed by atoms with Crippen molar-refractivity contribution in [2.75, 3.05) is 0 Å². The Morgan fingerprint density at radius 1 is 1.00 bits per heavy atom. The number of hydrogen-bond donors (Lipinski definition) is 0. The first kappa shape index (κ1) is 6.76. The number of aromatic nitrogens is 1. The highest BCUT2D eigenvalue weighted by atomic mass is 15.0. The van der Waals surface area contributed by atoms with Crippen LogP contribution in [0.2, 0.25) is 0 Å². The highest BCUT2D eigenvalue weighted by Gasteiger charge is 2.25. The Morgan fingerprint density at radius 2 is 1.83 bits per heavy atom. The molecule has 0 fully saturated rings. The van der Waals surface area contributed by atoms with Crippen molar-refractivity contribution in [2.24, 2.45) is 0 Å². The molecule has 0 bridgehead atoms. The Kier molecular flexibility index (Phi) is 1.21. The van der Waals surface area contributed by atoms with Gasteiger partial charge in [0.05, 0.1) is 0 Å². The standard InChI is InChI=1S/C11H15N/c1-8-9-4-2-5-11(9)12-7-3-6-10(8)12/h2-7H2,1H3. The van der Waals surface area contributed by atoms with E-state index in [4.69, 9.17) is 0 Å². The van der Waals surface area contributed by atoms with E-state index in [9.17, 15) is 0 Å². The summed E-state index contributed by atoms with van der Waals surface area (Å²) in [6, 6.07) is 0. The second-order valence-corrected chi connectivity index (χ2v) is 4.11. The molecule has 1 aliphatic carbocycles. The average molecular weight is 161 g/mol. The van der Waals surface area contributed by atoms with E-state index in [0.29, 0.717) is 0 Å². The third-order valence-corrected chi connectivity index (χ3v) is 3.52. The lowest BCUT2D eigenvalue weighted by molar-refractivity contribution is 0.708. The first-order valence-corrected chi connectivity index (χ1v) is 5.07. The first-order valence-electron chi connectivity index (χ1n) is 5.07. The zero-order valence-electron chi connectivity index (χ0n) is 7.69. The number of hydrogen-bond acceptors (Lipinski definition) is 0. The van der Waals surface area contributed by atoms with Crippen LogP contribution in [0, 0.1) is 6.92 Å². The van der Waals surface area contributed by atoms with E-state index in [1.807, 2.05) is 0 Å². The molecule has 0 saturated heterocycles. The third kappa shape index (κ3) is 0.650. The minimum atomic E-state index is 1.30. The van der Waals surface area contributed by atoms with Crippen LogP contribution in [0.3, 0.4) is 0 Å². The summed E-state index contributed by atoms with van der Waals surface area (Å²) in [4.78, 5) is 0. The molecule has 0 saturated carbocycles. The van der Waals surface area contributed by atoms with Crippen LogP contribution in [0.4, 0.5) is 0 Å². The molecule has 64 valence electrons. The van der Waals surface area contributed by atoms with Crippen LogP contribution in [-0.2, 0) is 25.8 Å². The maximum atomic E-state index is 2.59. The van der Waals surface area contributed by atoms with Gasteiger partial charge in [0, 0.05) is 17.9 Å². The summed E-state index contributed by atoms with van der Waals surface area (Å²) < 4.78 is 2.59. The summed E-state index contributed by atoms with van der Waals surface area (Å²) in [5.74, 6) is 0. The summed E-state index contributed by atoms with van der Waals surface area (Å²) in [6.07, 6.45) is 6.80.